The smallest absolute Gasteiger partial charge is 0.164 e. The van der Waals surface area contributed by atoms with Crippen LogP contribution in [0.1, 0.15) is 37.2 Å². The first-order valence-electron chi connectivity index (χ1n) is 7.29. The summed E-state index contributed by atoms with van der Waals surface area (Å²) in [5.41, 5.74) is 4.12. The first-order chi connectivity index (χ1) is 9.69. The summed E-state index contributed by atoms with van der Waals surface area (Å²) in [4.78, 5) is 0. The standard InChI is InChI=1S/C16H20ClN3/c1-11(2)10-20-15(9-17)18-19-16(20)14-7-6-12-4-3-5-13(12)8-14/h6-8,11H,3-5,9-10H2,1-2H3. The van der Waals surface area contributed by atoms with Crippen molar-refractivity contribution < 1.29 is 0 Å². The van der Waals surface area contributed by atoms with Crippen LogP contribution in [0.4, 0.5) is 0 Å². The van der Waals surface area contributed by atoms with Crippen LogP contribution in [0.3, 0.4) is 0 Å². The first kappa shape index (κ1) is 13.6. The van der Waals surface area contributed by atoms with E-state index in [9.17, 15) is 0 Å². The molecule has 1 heterocycles. The molecule has 1 aliphatic carbocycles. The van der Waals surface area contributed by atoms with Gasteiger partial charge in [-0.05, 0) is 42.4 Å². The lowest BCUT2D eigenvalue weighted by Gasteiger charge is -2.12. The molecule has 0 aliphatic heterocycles. The van der Waals surface area contributed by atoms with Crippen molar-refractivity contribution in [2.45, 2.75) is 45.5 Å². The minimum atomic E-state index is 0.407. The van der Waals surface area contributed by atoms with E-state index in [0.717, 1.165) is 23.8 Å². The van der Waals surface area contributed by atoms with E-state index in [4.69, 9.17) is 11.6 Å². The molecule has 0 spiro atoms. The molecule has 106 valence electrons. The summed E-state index contributed by atoms with van der Waals surface area (Å²) in [6, 6.07) is 6.69. The van der Waals surface area contributed by atoms with Crippen LogP contribution in [-0.2, 0) is 25.3 Å². The first-order valence-corrected chi connectivity index (χ1v) is 7.82. The van der Waals surface area contributed by atoms with Crippen molar-refractivity contribution in [3.8, 4) is 11.4 Å². The van der Waals surface area contributed by atoms with Crippen LogP contribution in [-0.4, -0.2) is 14.8 Å². The molecule has 0 saturated carbocycles. The van der Waals surface area contributed by atoms with E-state index in [1.807, 2.05) is 0 Å². The number of nitrogens with zero attached hydrogens (tertiary/aromatic N) is 3. The van der Waals surface area contributed by atoms with Crippen molar-refractivity contribution >= 4 is 11.6 Å². The lowest BCUT2D eigenvalue weighted by atomic mass is 10.1. The Morgan fingerprint density at radius 3 is 2.75 bits per heavy atom. The highest BCUT2D eigenvalue weighted by atomic mass is 35.5. The number of alkyl halides is 1. The van der Waals surface area contributed by atoms with Crippen LogP contribution in [0.15, 0.2) is 18.2 Å². The summed E-state index contributed by atoms with van der Waals surface area (Å²) in [7, 11) is 0. The highest BCUT2D eigenvalue weighted by Gasteiger charge is 2.17. The minimum Gasteiger partial charge on any atom is -0.310 e. The Morgan fingerprint density at radius 1 is 1.20 bits per heavy atom. The van der Waals surface area contributed by atoms with Gasteiger partial charge in [-0.25, -0.2) is 0 Å². The van der Waals surface area contributed by atoms with Crippen LogP contribution >= 0.6 is 11.6 Å². The van der Waals surface area contributed by atoms with E-state index in [2.05, 4.69) is 46.8 Å². The zero-order chi connectivity index (χ0) is 14.1. The van der Waals surface area contributed by atoms with Gasteiger partial charge in [-0.15, -0.1) is 21.8 Å². The second-order valence-electron chi connectivity index (χ2n) is 5.91. The predicted octanol–water partition coefficient (Wildman–Crippen LogP) is 3.83. The van der Waals surface area contributed by atoms with Gasteiger partial charge in [-0.1, -0.05) is 26.0 Å². The fourth-order valence-corrected chi connectivity index (χ4v) is 3.11. The molecule has 0 radical (unpaired) electrons. The highest BCUT2D eigenvalue weighted by Crippen LogP contribution is 2.28. The van der Waals surface area contributed by atoms with Gasteiger partial charge in [0.15, 0.2) is 5.82 Å². The lowest BCUT2D eigenvalue weighted by molar-refractivity contribution is 0.515. The number of hydrogen-bond donors (Lipinski definition) is 0. The Kier molecular flexibility index (Phi) is 3.79. The molecule has 2 aromatic rings. The molecule has 0 N–H and O–H groups in total. The number of aryl methyl sites for hydroxylation is 2. The predicted molar refractivity (Wildman–Crippen MR) is 81.9 cm³/mol. The molecule has 0 saturated heterocycles. The maximum Gasteiger partial charge on any atom is 0.164 e. The van der Waals surface area contributed by atoms with Crippen molar-refractivity contribution in [2.24, 2.45) is 5.92 Å². The summed E-state index contributed by atoms with van der Waals surface area (Å²) >= 11 is 5.99. The zero-order valence-electron chi connectivity index (χ0n) is 12.1. The quantitative estimate of drug-likeness (QED) is 0.801. The molecule has 1 aliphatic rings. The molecule has 0 unspecified atom stereocenters. The SMILES string of the molecule is CC(C)Cn1c(CCl)nnc1-c1ccc2c(c1)CCC2. The van der Waals surface area contributed by atoms with Gasteiger partial charge >= 0.3 is 0 Å². The number of halogens is 1. The number of hydrogen-bond acceptors (Lipinski definition) is 2. The fraction of sp³-hybridized carbons (Fsp3) is 0.500. The molecule has 4 heteroatoms. The summed E-state index contributed by atoms with van der Waals surface area (Å²) in [6.07, 6.45) is 3.66. The molecular formula is C16H20ClN3. The second kappa shape index (κ2) is 5.57. The Bertz CT molecular complexity index is 616. The van der Waals surface area contributed by atoms with Gasteiger partial charge in [0.25, 0.3) is 0 Å². The Labute approximate surface area is 125 Å². The summed E-state index contributed by atoms with van der Waals surface area (Å²) < 4.78 is 2.16. The monoisotopic (exact) mass is 289 g/mol. The molecular weight excluding hydrogens is 270 g/mol. The average molecular weight is 290 g/mol. The molecule has 1 aromatic carbocycles. The molecule has 3 nitrogen and oxygen atoms in total. The van der Waals surface area contributed by atoms with Crippen LogP contribution in [0.2, 0.25) is 0 Å². The van der Waals surface area contributed by atoms with Gasteiger partial charge in [0, 0.05) is 12.1 Å². The van der Waals surface area contributed by atoms with Gasteiger partial charge in [0.05, 0.1) is 5.88 Å². The zero-order valence-corrected chi connectivity index (χ0v) is 12.8. The van der Waals surface area contributed by atoms with E-state index < -0.39 is 0 Å². The number of benzene rings is 1. The van der Waals surface area contributed by atoms with Crippen LogP contribution in [0.25, 0.3) is 11.4 Å². The lowest BCUT2D eigenvalue weighted by Crippen LogP contribution is -2.09. The van der Waals surface area contributed by atoms with Gasteiger partial charge in [0.1, 0.15) is 5.82 Å². The van der Waals surface area contributed by atoms with Crippen LogP contribution < -0.4 is 0 Å². The van der Waals surface area contributed by atoms with Crippen molar-refractivity contribution in [1.29, 1.82) is 0 Å². The molecule has 20 heavy (non-hydrogen) atoms. The molecule has 0 amide bonds. The van der Waals surface area contributed by atoms with E-state index in [1.54, 1.807) is 0 Å². The third kappa shape index (κ3) is 2.47. The van der Waals surface area contributed by atoms with Crippen molar-refractivity contribution in [1.82, 2.24) is 14.8 Å². The molecule has 3 rings (SSSR count). The van der Waals surface area contributed by atoms with Gasteiger partial charge in [-0.2, -0.15) is 0 Å². The molecule has 0 fully saturated rings. The van der Waals surface area contributed by atoms with Gasteiger partial charge in [0.2, 0.25) is 0 Å². The molecule has 1 aromatic heterocycles. The van der Waals surface area contributed by atoms with Gasteiger partial charge < -0.3 is 4.57 Å². The number of fused-ring (bicyclic) bond motifs is 1. The van der Waals surface area contributed by atoms with E-state index >= 15 is 0 Å². The van der Waals surface area contributed by atoms with Crippen LogP contribution in [0, 0.1) is 5.92 Å². The number of rotatable bonds is 4. The summed E-state index contributed by atoms with van der Waals surface area (Å²) in [6.45, 7) is 5.30. The fourth-order valence-electron chi connectivity index (χ4n) is 2.92. The Hall–Kier alpha value is -1.35. The van der Waals surface area contributed by atoms with Gasteiger partial charge in [-0.3, -0.25) is 0 Å². The maximum atomic E-state index is 5.99. The van der Waals surface area contributed by atoms with Crippen LogP contribution in [0.5, 0.6) is 0 Å². The Morgan fingerprint density at radius 2 is 2.00 bits per heavy atom. The minimum absolute atomic E-state index is 0.407. The number of aromatic nitrogens is 3. The topological polar surface area (TPSA) is 30.7 Å². The van der Waals surface area contributed by atoms with E-state index in [-0.39, 0.29) is 0 Å². The second-order valence-corrected chi connectivity index (χ2v) is 6.18. The van der Waals surface area contributed by atoms with E-state index in [1.165, 1.54) is 30.4 Å². The normalized spacial score (nSPS) is 14.0. The maximum absolute atomic E-state index is 5.99. The summed E-state index contributed by atoms with van der Waals surface area (Å²) in [5, 5.41) is 8.60. The Balaban J connectivity index is 2.03. The molecule has 0 atom stereocenters. The molecule has 0 bridgehead atoms. The van der Waals surface area contributed by atoms with Crippen molar-refractivity contribution in [3.05, 3.63) is 35.2 Å². The summed E-state index contributed by atoms with van der Waals surface area (Å²) in [5.74, 6) is 2.76. The third-order valence-electron chi connectivity index (χ3n) is 3.85. The largest absolute Gasteiger partial charge is 0.310 e. The average Bonchev–Trinajstić information content (AvgIpc) is 3.03. The third-order valence-corrected chi connectivity index (χ3v) is 4.09. The van der Waals surface area contributed by atoms with E-state index in [0.29, 0.717) is 11.8 Å². The highest BCUT2D eigenvalue weighted by molar-refractivity contribution is 6.16. The van der Waals surface area contributed by atoms with Crippen molar-refractivity contribution in [3.63, 3.8) is 0 Å². The van der Waals surface area contributed by atoms with Crippen molar-refractivity contribution in [2.75, 3.05) is 0 Å².